The van der Waals surface area contributed by atoms with Crippen molar-refractivity contribution < 1.29 is 10.2 Å². The van der Waals surface area contributed by atoms with Gasteiger partial charge in [-0.25, -0.2) is 0 Å². The number of aliphatic hydroxyl groups is 2. The van der Waals surface area contributed by atoms with Crippen molar-refractivity contribution in [2.45, 2.75) is 31.4 Å². The molecule has 100 valence electrons. The molecule has 1 heterocycles. The number of benzene rings is 1. The van der Waals surface area contributed by atoms with E-state index in [4.69, 9.17) is 11.6 Å². The highest BCUT2D eigenvalue weighted by atomic mass is 35.5. The number of nitrogens with zero attached hydrogens (tertiary/aromatic N) is 1. The Kier molecular flexibility index (Phi) is 5.01. The van der Waals surface area contributed by atoms with Crippen LogP contribution in [-0.2, 0) is 0 Å². The molecule has 1 aromatic carbocycles. The zero-order chi connectivity index (χ0) is 13.0. The molecule has 2 N–H and O–H groups in total. The Bertz CT molecular complexity index is 369. The van der Waals surface area contributed by atoms with Gasteiger partial charge in [0.2, 0.25) is 0 Å². The van der Waals surface area contributed by atoms with Gasteiger partial charge in [0.25, 0.3) is 0 Å². The Labute approximate surface area is 113 Å². The van der Waals surface area contributed by atoms with E-state index in [-0.39, 0.29) is 12.6 Å². The lowest BCUT2D eigenvalue weighted by molar-refractivity contribution is 0.117. The second-order valence-electron chi connectivity index (χ2n) is 4.87. The van der Waals surface area contributed by atoms with Crippen molar-refractivity contribution in [2.75, 3.05) is 19.7 Å². The SMILES string of the molecule is OCC1CCCN1CCC(O)c1ccc(Cl)cc1. The molecule has 0 radical (unpaired) electrons. The van der Waals surface area contributed by atoms with Gasteiger partial charge in [0.1, 0.15) is 0 Å². The highest BCUT2D eigenvalue weighted by molar-refractivity contribution is 6.30. The Hall–Kier alpha value is -0.610. The van der Waals surface area contributed by atoms with Crippen molar-refractivity contribution in [1.29, 1.82) is 0 Å². The first-order chi connectivity index (χ1) is 8.70. The number of hydrogen-bond acceptors (Lipinski definition) is 3. The third-order valence-electron chi connectivity index (χ3n) is 3.65. The van der Waals surface area contributed by atoms with Gasteiger partial charge in [-0.2, -0.15) is 0 Å². The zero-order valence-corrected chi connectivity index (χ0v) is 11.2. The van der Waals surface area contributed by atoms with Gasteiger partial charge < -0.3 is 10.2 Å². The van der Waals surface area contributed by atoms with E-state index < -0.39 is 6.10 Å². The smallest absolute Gasteiger partial charge is 0.0802 e. The maximum absolute atomic E-state index is 10.1. The van der Waals surface area contributed by atoms with Crippen LogP contribution >= 0.6 is 11.6 Å². The molecular weight excluding hydrogens is 250 g/mol. The molecule has 4 heteroatoms. The Morgan fingerprint density at radius 1 is 1.33 bits per heavy atom. The van der Waals surface area contributed by atoms with Gasteiger partial charge in [-0.15, -0.1) is 0 Å². The maximum atomic E-state index is 10.1. The van der Waals surface area contributed by atoms with Crippen LogP contribution in [0.1, 0.15) is 30.9 Å². The fourth-order valence-electron chi connectivity index (χ4n) is 2.54. The van der Waals surface area contributed by atoms with Crippen LogP contribution in [0.2, 0.25) is 5.02 Å². The average molecular weight is 270 g/mol. The van der Waals surface area contributed by atoms with Crippen molar-refractivity contribution in [3.8, 4) is 0 Å². The highest BCUT2D eigenvalue weighted by Crippen LogP contribution is 2.22. The summed E-state index contributed by atoms with van der Waals surface area (Å²) in [6.45, 7) is 2.07. The van der Waals surface area contributed by atoms with E-state index in [1.807, 2.05) is 12.1 Å². The third-order valence-corrected chi connectivity index (χ3v) is 3.91. The molecular formula is C14H20ClNO2. The first-order valence-electron chi connectivity index (χ1n) is 6.49. The molecule has 2 atom stereocenters. The lowest BCUT2D eigenvalue weighted by Crippen LogP contribution is -2.33. The van der Waals surface area contributed by atoms with E-state index >= 15 is 0 Å². The topological polar surface area (TPSA) is 43.7 Å². The predicted molar refractivity (Wildman–Crippen MR) is 72.7 cm³/mol. The first-order valence-corrected chi connectivity index (χ1v) is 6.87. The molecule has 1 fully saturated rings. The predicted octanol–water partition coefficient (Wildman–Crippen LogP) is 2.22. The van der Waals surface area contributed by atoms with E-state index in [1.54, 1.807) is 12.1 Å². The maximum Gasteiger partial charge on any atom is 0.0802 e. The summed E-state index contributed by atoms with van der Waals surface area (Å²) in [7, 11) is 0. The molecule has 0 aromatic heterocycles. The number of halogens is 1. The minimum absolute atomic E-state index is 0.219. The van der Waals surface area contributed by atoms with E-state index in [1.165, 1.54) is 0 Å². The summed E-state index contributed by atoms with van der Waals surface area (Å²) >= 11 is 5.82. The summed E-state index contributed by atoms with van der Waals surface area (Å²) < 4.78 is 0. The fourth-order valence-corrected chi connectivity index (χ4v) is 2.66. The van der Waals surface area contributed by atoms with Crippen LogP contribution in [0.15, 0.2) is 24.3 Å². The molecule has 1 aromatic rings. The number of rotatable bonds is 5. The second-order valence-corrected chi connectivity index (χ2v) is 5.31. The normalized spacial score (nSPS) is 22.3. The number of likely N-dealkylation sites (tertiary alicyclic amines) is 1. The average Bonchev–Trinajstić information content (AvgIpc) is 2.84. The molecule has 0 aliphatic carbocycles. The summed E-state index contributed by atoms with van der Waals surface area (Å²) in [4.78, 5) is 2.26. The molecule has 2 unspecified atom stereocenters. The largest absolute Gasteiger partial charge is 0.395 e. The molecule has 3 nitrogen and oxygen atoms in total. The number of aliphatic hydroxyl groups excluding tert-OH is 2. The number of hydrogen-bond donors (Lipinski definition) is 2. The van der Waals surface area contributed by atoms with Crippen LogP contribution in [0.3, 0.4) is 0 Å². The van der Waals surface area contributed by atoms with E-state index in [2.05, 4.69) is 4.90 Å². The van der Waals surface area contributed by atoms with Crippen LogP contribution in [-0.4, -0.2) is 40.9 Å². The van der Waals surface area contributed by atoms with Crippen LogP contribution in [0, 0.1) is 0 Å². The first kappa shape index (κ1) is 13.8. The second kappa shape index (κ2) is 6.53. The van der Waals surface area contributed by atoms with Gasteiger partial charge >= 0.3 is 0 Å². The van der Waals surface area contributed by atoms with Crippen molar-refractivity contribution in [3.05, 3.63) is 34.9 Å². The van der Waals surface area contributed by atoms with Crippen molar-refractivity contribution in [1.82, 2.24) is 4.90 Å². The van der Waals surface area contributed by atoms with Gasteiger partial charge in [-0.3, -0.25) is 4.90 Å². The summed E-state index contributed by atoms with van der Waals surface area (Å²) in [5.41, 5.74) is 0.902. The summed E-state index contributed by atoms with van der Waals surface area (Å²) in [5.74, 6) is 0. The monoisotopic (exact) mass is 269 g/mol. The minimum atomic E-state index is -0.456. The minimum Gasteiger partial charge on any atom is -0.395 e. The van der Waals surface area contributed by atoms with Crippen molar-refractivity contribution in [3.63, 3.8) is 0 Å². The van der Waals surface area contributed by atoms with Crippen LogP contribution < -0.4 is 0 Å². The van der Waals surface area contributed by atoms with Crippen LogP contribution in [0.4, 0.5) is 0 Å². The third kappa shape index (κ3) is 3.45. The molecule has 0 spiro atoms. The lowest BCUT2D eigenvalue weighted by Gasteiger charge is -2.23. The fraction of sp³-hybridized carbons (Fsp3) is 0.571. The van der Waals surface area contributed by atoms with Gasteiger partial charge in [0.05, 0.1) is 12.7 Å². The van der Waals surface area contributed by atoms with Gasteiger partial charge in [-0.05, 0) is 43.5 Å². The Morgan fingerprint density at radius 2 is 2.06 bits per heavy atom. The molecule has 1 aliphatic heterocycles. The van der Waals surface area contributed by atoms with E-state index in [9.17, 15) is 10.2 Å². The molecule has 18 heavy (non-hydrogen) atoms. The summed E-state index contributed by atoms with van der Waals surface area (Å²) in [6, 6.07) is 7.60. The van der Waals surface area contributed by atoms with Gasteiger partial charge in [0, 0.05) is 17.6 Å². The van der Waals surface area contributed by atoms with E-state index in [0.29, 0.717) is 11.4 Å². The molecule has 0 amide bonds. The van der Waals surface area contributed by atoms with E-state index in [0.717, 1.165) is 31.5 Å². The highest BCUT2D eigenvalue weighted by Gasteiger charge is 2.23. The zero-order valence-electron chi connectivity index (χ0n) is 10.4. The van der Waals surface area contributed by atoms with Gasteiger partial charge in [0.15, 0.2) is 0 Å². The summed E-state index contributed by atoms with van der Waals surface area (Å²) in [6.07, 6.45) is 2.44. The standard InChI is InChI=1S/C14H20ClNO2/c15-12-5-3-11(4-6-12)14(18)7-9-16-8-1-2-13(16)10-17/h3-6,13-14,17-18H,1-2,7-10H2. The molecule has 0 saturated carbocycles. The van der Waals surface area contributed by atoms with Gasteiger partial charge in [-0.1, -0.05) is 23.7 Å². The molecule has 0 bridgehead atoms. The lowest BCUT2D eigenvalue weighted by atomic mass is 10.1. The van der Waals surface area contributed by atoms with Crippen molar-refractivity contribution >= 4 is 11.6 Å². The summed E-state index contributed by atoms with van der Waals surface area (Å²) in [5, 5.41) is 20.0. The molecule has 2 rings (SSSR count). The van der Waals surface area contributed by atoms with Crippen LogP contribution in [0.5, 0.6) is 0 Å². The quantitative estimate of drug-likeness (QED) is 0.862. The molecule has 1 aliphatic rings. The Morgan fingerprint density at radius 3 is 2.72 bits per heavy atom. The Balaban J connectivity index is 1.84. The van der Waals surface area contributed by atoms with Crippen molar-refractivity contribution in [2.24, 2.45) is 0 Å². The van der Waals surface area contributed by atoms with Crippen LogP contribution in [0.25, 0.3) is 0 Å². The molecule has 1 saturated heterocycles.